The summed E-state index contributed by atoms with van der Waals surface area (Å²) in [6, 6.07) is 12.3. The molecule has 2 aromatic carbocycles. The fraction of sp³-hybridized carbons (Fsp3) is 0.421. The van der Waals surface area contributed by atoms with Gasteiger partial charge in [-0.1, -0.05) is 43.7 Å². The molecule has 0 saturated carbocycles. The van der Waals surface area contributed by atoms with Gasteiger partial charge in [0.05, 0.1) is 4.90 Å². The molecule has 0 amide bonds. The number of hydrogen-bond acceptors (Lipinski definition) is 4. The summed E-state index contributed by atoms with van der Waals surface area (Å²) < 4.78 is 27.4. The minimum absolute atomic E-state index is 0.285. The molecule has 7 heteroatoms. The van der Waals surface area contributed by atoms with E-state index in [0.29, 0.717) is 32.6 Å². The zero-order valence-electron chi connectivity index (χ0n) is 14.8. The summed E-state index contributed by atoms with van der Waals surface area (Å²) in [4.78, 5) is 13.6. The van der Waals surface area contributed by atoms with Crippen LogP contribution in [0, 0.1) is 0 Å². The SMILES string of the molecule is CCCC(C(=O)O)N1CCN(S(=O)(=O)c2ccc3ccccc3c2)CC1. The zero-order chi connectivity index (χ0) is 18.7. The summed E-state index contributed by atoms with van der Waals surface area (Å²) in [7, 11) is -3.58. The highest BCUT2D eigenvalue weighted by Gasteiger charge is 2.33. The van der Waals surface area contributed by atoms with Gasteiger partial charge in [0.25, 0.3) is 0 Å². The van der Waals surface area contributed by atoms with Crippen LogP contribution in [0.1, 0.15) is 19.8 Å². The van der Waals surface area contributed by atoms with Crippen LogP contribution in [0.25, 0.3) is 10.8 Å². The van der Waals surface area contributed by atoms with Gasteiger partial charge in [0, 0.05) is 26.2 Å². The molecular formula is C19H24N2O4S. The zero-order valence-corrected chi connectivity index (χ0v) is 15.7. The van der Waals surface area contributed by atoms with Gasteiger partial charge in [-0.15, -0.1) is 0 Å². The maximum absolute atomic E-state index is 13.0. The van der Waals surface area contributed by atoms with E-state index < -0.39 is 22.0 Å². The van der Waals surface area contributed by atoms with Crippen LogP contribution in [0.2, 0.25) is 0 Å². The lowest BCUT2D eigenvalue weighted by Crippen LogP contribution is -2.53. The van der Waals surface area contributed by atoms with Crippen molar-refractivity contribution >= 4 is 26.8 Å². The lowest BCUT2D eigenvalue weighted by atomic mass is 10.1. The number of aliphatic carboxylic acids is 1. The summed E-state index contributed by atoms with van der Waals surface area (Å²) in [5, 5.41) is 11.3. The summed E-state index contributed by atoms with van der Waals surface area (Å²) >= 11 is 0. The number of sulfonamides is 1. The number of hydrogen-bond donors (Lipinski definition) is 1. The molecule has 1 heterocycles. The van der Waals surface area contributed by atoms with Gasteiger partial charge >= 0.3 is 5.97 Å². The number of rotatable bonds is 6. The predicted octanol–water partition coefficient (Wildman–Crippen LogP) is 2.40. The molecule has 1 fully saturated rings. The number of nitrogens with zero attached hydrogens (tertiary/aromatic N) is 2. The molecule has 6 nitrogen and oxygen atoms in total. The minimum atomic E-state index is -3.58. The second-order valence-electron chi connectivity index (χ2n) is 6.59. The van der Waals surface area contributed by atoms with E-state index in [1.807, 2.05) is 42.2 Å². The van der Waals surface area contributed by atoms with Crippen molar-refractivity contribution in [2.45, 2.75) is 30.7 Å². The fourth-order valence-corrected chi connectivity index (χ4v) is 4.93. The first-order valence-electron chi connectivity index (χ1n) is 8.89. The number of carbonyl (C=O) groups is 1. The molecule has 3 rings (SSSR count). The van der Waals surface area contributed by atoms with Crippen LogP contribution in [0.15, 0.2) is 47.4 Å². The van der Waals surface area contributed by atoms with Crippen molar-refractivity contribution in [1.82, 2.24) is 9.21 Å². The Morgan fingerprint density at radius 1 is 1.08 bits per heavy atom. The third-order valence-electron chi connectivity index (χ3n) is 4.92. The number of fused-ring (bicyclic) bond motifs is 1. The Balaban J connectivity index is 1.75. The molecule has 0 aromatic heterocycles. The van der Waals surface area contributed by atoms with Gasteiger partial charge < -0.3 is 5.11 Å². The van der Waals surface area contributed by atoms with Gasteiger partial charge in [-0.3, -0.25) is 9.69 Å². The van der Waals surface area contributed by atoms with Gasteiger partial charge in [-0.2, -0.15) is 4.31 Å². The van der Waals surface area contributed by atoms with E-state index in [9.17, 15) is 18.3 Å². The van der Waals surface area contributed by atoms with Crippen LogP contribution in [0.3, 0.4) is 0 Å². The van der Waals surface area contributed by atoms with Crippen LogP contribution in [0.4, 0.5) is 0 Å². The lowest BCUT2D eigenvalue weighted by molar-refractivity contribution is -0.144. The Hall–Kier alpha value is -1.96. The Morgan fingerprint density at radius 2 is 1.73 bits per heavy atom. The van der Waals surface area contributed by atoms with E-state index in [4.69, 9.17) is 0 Å². The summed E-state index contributed by atoms with van der Waals surface area (Å²) in [5.41, 5.74) is 0. The second kappa shape index (κ2) is 7.73. The molecule has 0 aliphatic carbocycles. The summed E-state index contributed by atoms with van der Waals surface area (Å²) in [5.74, 6) is -0.835. The Bertz CT molecular complexity index is 889. The lowest BCUT2D eigenvalue weighted by Gasteiger charge is -2.37. The third-order valence-corrected chi connectivity index (χ3v) is 6.81. The predicted molar refractivity (Wildman–Crippen MR) is 101 cm³/mol. The molecule has 1 atom stereocenters. The van der Waals surface area contributed by atoms with Crippen molar-refractivity contribution < 1.29 is 18.3 Å². The molecule has 26 heavy (non-hydrogen) atoms. The molecule has 1 unspecified atom stereocenters. The average molecular weight is 376 g/mol. The standard InChI is InChI=1S/C19H24N2O4S/c1-2-5-18(19(22)23)20-10-12-21(13-11-20)26(24,25)17-9-8-15-6-3-4-7-16(15)14-17/h3-4,6-9,14,18H,2,5,10-13H2,1H3,(H,22,23). The van der Waals surface area contributed by atoms with E-state index in [1.165, 1.54) is 4.31 Å². The molecule has 140 valence electrons. The first-order valence-corrected chi connectivity index (χ1v) is 10.3. The van der Waals surface area contributed by atoms with E-state index in [-0.39, 0.29) is 4.90 Å². The molecule has 1 aliphatic heterocycles. The van der Waals surface area contributed by atoms with Gasteiger partial charge in [-0.25, -0.2) is 8.42 Å². The molecule has 0 bridgehead atoms. The Morgan fingerprint density at radius 3 is 2.35 bits per heavy atom. The average Bonchev–Trinajstić information content (AvgIpc) is 2.65. The van der Waals surface area contributed by atoms with Gasteiger partial charge in [-0.05, 0) is 29.3 Å². The normalized spacial score (nSPS) is 18.0. The van der Waals surface area contributed by atoms with Crippen molar-refractivity contribution in [3.05, 3.63) is 42.5 Å². The fourth-order valence-electron chi connectivity index (χ4n) is 3.47. The summed E-state index contributed by atoms with van der Waals surface area (Å²) in [6.07, 6.45) is 1.36. The quantitative estimate of drug-likeness (QED) is 0.838. The van der Waals surface area contributed by atoms with Crippen LogP contribution >= 0.6 is 0 Å². The van der Waals surface area contributed by atoms with E-state index >= 15 is 0 Å². The van der Waals surface area contributed by atoms with Crippen LogP contribution < -0.4 is 0 Å². The Labute approximate surface area is 154 Å². The highest BCUT2D eigenvalue weighted by molar-refractivity contribution is 7.89. The van der Waals surface area contributed by atoms with Crippen molar-refractivity contribution in [3.8, 4) is 0 Å². The number of carboxylic acids is 1. The van der Waals surface area contributed by atoms with E-state index in [1.54, 1.807) is 12.1 Å². The maximum Gasteiger partial charge on any atom is 0.320 e. The first kappa shape index (κ1) is 18.8. The van der Waals surface area contributed by atoms with E-state index in [2.05, 4.69) is 0 Å². The second-order valence-corrected chi connectivity index (χ2v) is 8.53. The topological polar surface area (TPSA) is 77.9 Å². The number of benzene rings is 2. The van der Waals surface area contributed by atoms with Gasteiger partial charge in [0.2, 0.25) is 10.0 Å². The van der Waals surface area contributed by atoms with Crippen molar-refractivity contribution in [2.24, 2.45) is 0 Å². The molecule has 1 saturated heterocycles. The Kier molecular flexibility index (Phi) is 5.60. The van der Waals surface area contributed by atoms with Crippen molar-refractivity contribution in [2.75, 3.05) is 26.2 Å². The summed E-state index contributed by atoms with van der Waals surface area (Å²) in [6.45, 7) is 3.44. The molecule has 0 spiro atoms. The van der Waals surface area contributed by atoms with Crippen molar-refractivity contribution in [1.29, 1.82) is 0 Å². The van der Waals surface area contributed by atoms with Crippen molar-refractivity contribution in [3.63, 3.8) is 0 Å². The highest BCUT2D eigenvalue weighted by Crippen LogP contribution is 2.23. The number of carboxylic acid groups (broad SMARTS) is 1. The minimum Gasteiger partial charge on any atom is -0.480 e. The number of piperazine rings is 1. The first-order chi connectivity index (χ1) is 12.4. The van der Waals surface area contributed by atoms with Crippen LogP contribution in [-0.2, 0) is 14.8 Å². The van der Waals surface area contributed by atoms with E-state index in [0.717, 1.165) is 17.2 Å². The largest absolute Gasteiger partial charge is 0.480 e. The third kappa shape index (κ3) is 3.75. The molecule has 0 radical (unpaired) electrons. The molecule has 1 aliphatic rings. The highest BCUT2D eigenvalue weighted by atomic mass is 32.2. The van der Waals surface area contributed by atoms with Gasteiger partial charge in [0.1, 0.15) is 6.04 Å². The molecule has 1 N–H and O–H groups in total. The monoisotopic (exact) mass is 376 g/mol. The molecule has 2 aromatic rings. The molecular weight excluding hydrogens is 352 g/mol. The smallest absolute Gasteiger partial charge is 0.320 e. The maximum atomic E-state index is 13.0. The van der Waals surface area contributed by atoms with Crippen LogP contribution in [0.5, 0.6) is 0 Å². The van der Waals surface area contributed by atoms with Crippen LogP contribution in [-0.4, -0.2) is 60.9 Å². The van der Waals surface area contributed by atoms with Gasteiger partial charge in [0.15, 0.2) is 0 Å².